The lowest BCUT2D eigenvalue weighted by molar-refractivity contribution is 0.284. The van der Waals surface area contributed by atoms with E-state index in [0.717, 1.165) is 11.5 Å². The molecule has 0 spiro atoms. The van der Waals surface area contributed by atoms with E-state index in [4.69, 9.17) is 10.00 Å². The number of nitrogens with zero attached hydrogens (tertiary/aromatic N) is 1. The SMILES string of the molecule is CCCC1CCC(c2ccc(COc3ccc(C#N)c(F)c3F)cc2)CC1. The summed E-state index contributed by atoms with van der Waals surface area (Å²) in [7, 11) is 0. The molecule has 0 bridgehead atoms. The number of halogens is 2. The number of nitriles is 1. The molecule has 1 aliphatic rings. The summed E-state index contributed by atoms with van der Waals surface area (Å²) in [6.45, 7) is 2.41. The summed E-state index contributed by atoms with van der Waals surface area (Å²) < 4.78 is 32.9. The maximum atomic E-state index is 13.9. The van der Waals surface area contributed by atoms with Crippen LogP contribution in [-0.2, 0) is 6.61 Å². The quantitative estimate of drug-likeness (QED) is 0.583. The monoisotopic (exact) mass is 369 g/mol. The Morgan fingerprint density at radius 2 is 1.70 bits per heavy atom. The average Bonchev–Trinajstić information content (AvgIpc) is 2.70. The first-order chi connectivity index (χ1) is 13.1. The highest BCUT2D eigenvalue weighted by Gasteiger charge is 2.21. The second kappa shape index (κ2) is 8.99. The van der Waals surface area contributed by atoms with Crippen molar-refractivity contribution >= 4 is 0 Å². The summed E-state index contributed by atoms with van der Waals surface area (Å²) in [5.74, 6) is -0.942. The van der Waals surface area contributed by atoms with Crippen LogP contribution in [0.15, 0.2) is 36.4 Å². The Morgan fingerprint density at radius 3 is 2.33 bits per heavy atom. The Kier molecular flexibility index (Phi) is 6.45. The van der Waals surface area contributed by atoms with Crippen LogP contribution in [0.3, 0.4) is 0 Å². The van der Waals surface area contributed by atoms with Crippen molar-refractivity contribution in [3.8, 4) is 11.8 Å². The van der Waals surface area contributed by atoms with Crippen molar-refractivity contribution < 1.29 is 13.5 Å². The van der Waals surface area contributed by atoms with E-state index in [0.29, 0.717) is 5.92 Å². The average molecular weight is 369 g/mol. The number of rotatable bonds is 6. The Labute approximate surface area is 159 Å². The minimum absolute atomic E-state index is 0.159. The van der Waals surface area contributed by atoms with Crippen molar-refractivity contribution in [2.75, 3.05) is 0 Å². The van der Waals surface area contributed by atoms with Crippen LogP contribution in [-0.4, -0.2) is 0 Å². The van der Waals surface area contributed by atoms with E-state index >= 15 is 0 Å². The minimum atomic E-state index is -1.16. The van der Waals surface area contributed by atoms with Crippen molar-refractivity contribution in [3.05, 3.63) is 64.7 Å². The molecule has 0 aromatic heterocycles. The molecule has 27 heavy (non-hydrogen) atoms. The van der Waals surface area contributed by atoms with Gasteiger partial charge in [-0.3, -0.25) is 0 Å². The third-order valence-electron chi connectivity index (χ3n) is 5.56. The van der Waals surface area contributed by atoms with Crippen LogP contribution < -0.4 is 4.74 Å². The zero-order chi connectivity index (χ0) is 19.2. The zero-order valence-corrected chi connectivity index (χ0v) is 15.7. The van der Waals surface area contributed by atoms with Gasteiger partial charge in [0.1, 0.15) is 12.7 Å². The van der Waals surface area contributed by atoms with E-state index in [9.17, 15) is 8.78 Å². The lowest BCUT2D eigenvalue weighted by atomic mass is 9.77. The van der Waals surface area contributed by atoms with Gasteiger partial charge in [-0.2, -0.15) is 9.65 Å². The van der Waals surface area contributed by atoms with Crippen molar-refractivity contribution in [1.29, 1.82) is 5.26 Å². The van der Waals surface area contributed by atoms with Crippen molar-refractivity contribution in [1.82, 2.24) is 0 Å². The molecule has 1 aliphatic carbocycles. The van der Waals surface area contributed by atoms with E-state index in [1.165, 1.54) is 56.2 Å². The van der Waals surface area contributed by atoms with Crippen LogP contribution in [0.5, 0.6) is 5.75 Å². The van der Waals surface area contributed by atoms with E-state index in [1.807, 2.05) is 12.1 Å². The predicted molar refractivity (Wildman–Crippen MR) is 101 cm³/mol. The Balaban J connectivity index is 1.57. The number of hydrogen-bond acceptors (Lipinski definition) is 2. The second-order valence-electron chi connectivity index (χ2n) is 7.39. The number of ether oxygens (including phenoxy) is 1. The van der Waals surface area contributed by atoms with Crippen LogP contribution in [0.1, 0.15) is 68.1 Å². The third kappa shape index (κ3) is 4.66. The summed E-state index contributed by atoms with van der Waals surface area (Å²) in [5, 5.41) is 8.72. The van der Waals surface area contributed by atoms with E-state index < -0.39 is 11.6 Å². The van der Waals surface area contributed by atoms with E-state index in [1.54, 1.807) is 6.07 Å². The lowest BCUT2D eigenvalue weighted by Gasteiger charge is -2.28. The zero-order valence-electron chi connectivity index (χ0n) is 15.7. The molecule has 2 aromatic rings. The number of hydrogen-bond donors (Lipinski definition) is 0. The largest absolute Gasteiger partial charge is 0.486 e. The third-order valence-corrected chi connectivity index (χ3v) is 5.56. The molecular weight excluding hydrogens is 344 g/mol. The van der Waals surface area contributed by atoms with Crippen LogP contribution in [0.2, 0.25) is 0 Å². The van der Waals surface area contributed by atoms with Gasteiger partial charge in [-0.05, 0) is 60.8 Å². The standard InChI is InChI=1S/C23H25F2NO/c1-2-3-16-4-8-18(9-5-16)19-10-6-17(7-11-19)15-27-21-13-12-20(14-26)22(24)23(21)25/h6-7,10-13,16,18H,2-5,8-9,15H2,1H3. The molecule has 1 saturated carbocycles. The smallest absolute Gasteiger partial charge is 0.202 e. The second-order valence-corrected chi connectivity index (χ2v) is 7.39. The summed E-state index contributed by atoms with van der Waals surface area (Å²) in [6, 6.07) is 12.4. The molecule has 0 atom stereocenters. The molecule has 1 fully saturated rings. The maximum absolute atomic E-state index is 13.9. The fourth-order valence-electron chi connectivity index (χ4n) is 3.97. The lowest BCUT2D eigenvalue weighted by Crippen LogP contribution is -2.13. The molecule has 142 valence electrons. The first-order valence-electron chi connectivity index (χ1n) is 9.72. The number of benzene rings is 2. The van der Waals surface area contributed by atoms with Gasteiger partial charge in [0.25, 0.3) is 0 Å². The van der Waals surface area contributed by atoms with Crippen LogP contribution in [0, 0.1) is 28.9 Å². The van der Waals surface area contributed by atoms with Gasteiger partial charge < -0.3 is 4.74 Å². The topological polar surface area (TPSA) is 33.0 Å². The molecule has 0 unspecified atom stereocenters. The van der Waals surface area contributed by atoms with Gasteiger partial charge in [0.2, 0.25) is 5.82 Å². The molecule has 4 heteroatoms. The molecular formula is C23H25F2NO. The molecule has 2 nitrogen and oxygen atoms in total. The Bertz CT molecular complexity index is 802. The summed E-state index contributed by atoms with van der Waals surface area (Å²) in [5.41, 5.74) is 1.93. The van der Waals surface area contributed by atoms with Gasteiger partial charge >= 0.3 is 0 Å². The van der Waals surface area contributed by atoms with Gasteiger partial charge in [0.05, 0.1) is 5.56 Å². The highest BCUT2D eigenvalue weighted by Crippen LogP contribution is 2.37. The van der Waals surface area contributed by atoms with E-state index in [-0.39, 0.29) is 17.9 Å². The fourth-order valence-corrected chi connectivity index (χ4v) is 3.97. The Morgan fingerprint density at radius 1 is 1.00 bits per heavy atom. The van der Waals surface area contributed by atoms with Crippen molar-refractivity contribution in [3.63, 3.8) is 0 Å². The summed E-state index contributed by atoms with van der Waals surface area (Å²) in [4.78, 5) is 0. The molecule has 2 aromatic carbocycles. The molecule has 0 saturated heterocycles. The van der Waals surface area contributed by atoms with E-state index in [2.05, 4.69) is 19.1 Å². The minimum Gasteiger partial charge on any atom is -0.486 e. The molecule has 0 amide bonds. The van der Waals surface area contributed by atoms with Crippen LogP contribution in [0.25, 0.3) is 0 Å². The first kappa shape index (κ1) is 19.4. The normalized spacial score (nSPS) is 19.5. The van der Waals surface area contributed by atoms with Crippen molar-refractivity contribution in [2.24, 2.45) is 5.92 Å². The highest BCUT2D eigenvalue weighted by molar-refractivity contribution is 5.38. The van der Waals surface area contributed by atoms with Gasteiger partial charge in [0, 0.05) is 0 Å². The summed E-state index contributed by atoms with van der Waals surface area (Å²) in [6.07, 6.45) is 7.73. The molecule has 0 radical (unpaired) electrons. The van der Waals surface area contributed by atoms with Gasteiger partial charge in [-0.15, -0.1) is 0 Å². The van der Waals surface area contributed by atoms with Gasteiger partial charge in [-0.1, -0.05) is 44.0 Å². The molecule has 0 N–H and O–H groups in total. The van der Waals surface area contributed by atoms with Crippen LogP contribution in [0.4, 0.5) is 8.78 Å². The highest BCUT2D eigenvalue weighted by atomic mass is 19.2. The van der Waals surface area contributed by atoms with Gasteiger partial charge in [0.15, 0.2) is 11.6 Å². The molecule has 0 heterocycles. The Hall–Kier alpha value is -2.41. The predicted octanol–water partition coefficient (Wildman–Crippen LogP) is 6.49. The first-order valence-corrected chi connectivity index (χ1v) is 9.72. The molecule has 3 rings (SSSR count). The summed E-state index contributed by atoms with van der Waals surface area (Å²) >= 11 is 0. The van der Waals surface area contributed by atoms with Crippen molar-refractivity contribution in [2.45, 2.75) is 58.0 Å². The van der Waals surface area contributed by atoms with Gasteiger partial charge in [-0.25, -0.2) is 4.39 Å². The maximum Gasteiger partial charge on any atom is 0.202 e. The molecule has 0 aliphatic heterocycles. The fraction of sp³-hybridized carbons (Fsp3) is 0.435. The van der Waals surface area contributed by atoms with Crippen LogP contribution >= 0.6 is 0 Å².